The topological polar surface area (TPSA) is 32.3 Å². The van der Waals surface area contributed by atoms with Crippen molar-refractivity contribution in [1.29, 1.82) is 0 Å². The molecule has 4 heteroatoms. The highest BCUT2D eigenvalue weighted by Gasteiger charge is 2.34. The lowest BCUT2D eigenvalue weighted by Gasteiger charge is -2.31. The van der Waals surface area contributed by atoms with Crippen molar-refractivity contribution in [2.75, 3.05) is 16.8 Å². The zero-order valence-corrected chi connectivity index (χ0v) is 8.92. The van der Waals surface area contributed by atoms with Crippen molar-refractivity contribution in [3.63, 3.8) is 0 Å². The average Bonchev–Trinajstić information content (AvgIpc) is 3.01. The highest BCUT2D eigenvalue weighted by molar-refractivity contribution is 6.31. The van der Waals surface area contributed by atoms with E-state index in [1.165, 1.54) is 12.8 Å². The van der Waals surface area contributed by atoms with Gasteiger partial charge in [-0.3, -0.25) is 4.79 Å². The minimum Gasteiger partial charge on any atom is -0.358 e. The van der Waals surface area contributed by atoms with E-state index in [0.29, 0.717) is 12.6 Å². The van der Waals surface area contributed by atoms with Gasteiger partial charge in [0.05, 0.1) is 17.9 Å². The quantitative estimate of drug-likeness (QED) is 0.791. The van der Waals surface area contributed by atoms with Crippen LogP contribution < -0.4 is 10.2 Å². The minimum absolute atomic E-state index is 0.0664. The Bertz CT molecular complexity index is 429. The lowest BCUT2D eigenvalue weighted by Crippen LogP contribution is -2.39. The Hall–Kier alpha value is -1.22. The summed E-state index contributed by atoms with van der Waals surface area (Å²) in [7, 11) is 0. The number of hydrogen-bond donors (Lipinski definition) is 1. The number of anilines is 2. The van der Waals surface area contributed by atoms with Crippen molar-refractivity contribution in [2.24, 2.45) is 0 Å². The molecule has 3 nitrogen and oxygen atoms in total. The molecule has 1 aromatic carbocycles. The fourth-order valence-corrected chi connectivity index (χ4v) is 2.16. The lowest BCUT2D eigenvalue weighted by atomic mass is 10.2. The van der Waals surface area contributed by atoms with Crippen molar-refractivity contribution >= 4 is 28.9 Å². The van der Waals surface area contributed by atoms with Crippen molar-refractivity contribution in [3.8, 4) is 0 Å². The van der Waals surface area contributed by atoms with E-state index in [2.05, 4.69) is 10.2 Å². The van der Waals surface area contributed by atoms with Crippen LogP contribution in [-0.2, 0) is 4.79 Å². The van der Waals surface area contributed by atoms with Gasteiger partial charge < -0.3 is 10.2 Å². The number of amides is 1. The molecule has 2 aliphatic rings. The molecule has 1 amide bonds. The molecule has 0 spiro atoms. The number of carbonyl (C=O) groups is 1. The van der Waals surface area contributed by atoms with Crippen LogP contribution in [0.15, 0.2) is 18.2 Å². The normalized spacial score (nSPS) is 19.8. The van der Waals surface area contributed by atoms with E-state index >= 15 is 0 Å². The van der Waals surface area contributed by atoms with E-state index in [0.717, 1.165) is 16.4 Å². The van der Waals surface area contributed by atoms with Crippen LogP contribution in [0.2, 0.25) is 5.02 Å². The lowest BCUT2D eigenvalue weighted by molar-refractivity contribution is -0.115. The minimum atomic E-state index is 0.0664. The number of benzene rings is 1. The molecule has 15 heavy (non-hydrogen) atoms. The van der Waals surface area contributed by atoms with Gasteiger partial charge in [-0.1, -0.05) is 11.6 Å². The molecule has 1 N–H and O–H groups in total. The van der Waals surface area contributed by atoms with Gasteiger partial charge in [0.15, 0.2) is 0 Å². The van der Waals surface area contributed by atoms with E-state index in [-0.39, 0.29) is 5.91 Å². The predicted molar refractivity (Wildman–Crippen MR) is 60.4 cm³/mol. The largest absolute Gasteiger partial charge is 0.358 e. The number of hydrogen-bond acceptors (Lipinski definition) is 2. The Morgan fingerprint density at radius 1 is 1.40 bits per heavy atom. The summed E-state index contributed by atoms with van der Waals surface area (Å²) in [4.78, 5) is 13.6. The van der Waals surface area contributed by atoms with E-state index in [1.54, 1.807) is 6.07 Å². The van der Waals surface area contributed by atoms with E-state index in [4.69, 9.17) is 11.6 Å². The Morgan fingerprint density at radius 3 is 2.93 bits per heavy atom. The molecule has 0 aromatic heterocycles. The Labute approximate surface area is 93.0 Å². The molecule has 1 aliphatic carbocycles. The van der Waals surface area contributed by atoms with Crippen LogP contribution >= 0.6 is 11.6 Å². The highest BCUT2D eigenvalue weighted by Crippen LogP contribution is 2.39. The second kappa shape index (κ2) is 3.14. The molecule has 3 rings (SSSR count). The van der Waals surface area contributed by atoms with Crippen molar-refractivity contribution in [1.82, 2.24) is 0 Å². The van der Waals surface area contributed by atoms with Crippen molar-refractivity contribution in [3.05, 3.63) is 23.2 Å². The molecule has 1 aromatic rings. The molecule has 0 unspecified atom stereocenters. The molecule has 1 aliphatic heterocycles. The van der Waals surface area contributed by atoms with Gasteiger partial charge in [0.2, 0.25) is 5.91 Å². The van der Waals surface area contributed by atoms with Crippen molar-refractivity contribution < 1.29 is 4.79 Å². The molecule has 0 atom stereocenters. The summed E-state index contributed by atoms with van der Waals surface area (Å²) in [6.45, 7) is 0.456. The van der Waals surface area contributed by atoms with Gasteiger partial charge in [0, 0.05) is 11.1 Å². The molecule has 0 saturated heterocycles. The zero-order valence-electron chi connectivity index (χ0n) is 8.16. The van der Waals surface area contributed by atoms with Gasteiger partial charge in [-0.2, -0.15) is 0 Å². The summed E-state index contributed by atoms with van der Waals surface area (Å²) in [5.41, 5.74) is 1.94. The van der Waals surface area contributed by atoms with E-state index in [1.807, 2.05) is 12.1 Å². The van der Waals surface area contributed by atoms with Crippen molar-refractivity contribution in [2.45, 2.75) is 18.9 Å². The molecule has 1 fully saturated rings. The number of rotatable bonds is 1. The van der Waals surface area contributed by atoms with Gasteiger partial charge >= 0.3 is 0 Å². The second-order valence-corrected chi connectivity index (χ2v) is 4.51. The first kappa shape index (κ1) is 9.04. The van der Waals surface area contributed by atoms with E-state index < -0.39 is 0 Å². The van der Waals surface area contributed by atoms with Crippen LogP contribution in [0.5, 0.6) is 0 Å². The smallest absolute Gasteiger partial charge is 0.243 e. The molecule has 0 bridgehead atoms. The number of fused-ring (bicyclic) bond motifs is 1. The molecule has 78 valence electrons. The third-order valence-electron chi connectivity index (χ3n) is 2.84. The Morgan fingerprint density at radius 2 is 2.20 bits per heavy atom. The van der Waals surface area contributed by atoms with Crippen LogP contribution in [0.1, 0.15) is 12.8 Å². The molecular weight excluding hydrogens is 212 g/mol. The maximum Gasteiger partial charge on any atom is 0.243 e. The van der Waals surface area contributed by atoms with Gasteiger partial charge in [0.1, 0.15) is 0 Å². The third-order valence-corrected chi connectivity index (χ3v) is 3.08. The fourth-order valence-electron chi connectivity index (χ4n) is 1.99. The predicted octanol–water partition coefficient (Wildman–Crippen LogP) is 2.26. The van der Waals surface area contributed by atoms with Crippen LogP contribution in [0.3, 0.4) is 0 Å². The molecule has 1 heterocycles. The molecular formula is C11H11ClN2O. The van der Waals surface area contributed by atoms with Gasteiger partial charge in [-0.25, -0.2) is 0 Å². The number of nitrogens with zero attached hydrogens (tertiary/aromatic N) is 1. The summed E-state index contributed by atoms with van der Waals surface area (Å²) in [5, 5.41) is 3.58. The van der Waals surface area contributed by atoms with Crippen LogP contribution in [0.25, 0.3) is 0 Å². The number of halogens is 1. The first-order chi connectivity index (χ1) is 7.24. The SMILES string of the molecule is O=C1CN(C2CC2)c2cc(Cl)ccc2N1. The first-order valence-electron chi connectivity index (χ1n) is 5.10. The Kier molecular flexibility index (Phi) is 1.89. The second-order valence-electron chi connectivity index (χ2n) is 4.07. The van der Waals surface area contributed by atoms with Crippen LogP contribution in [0.4, 0.5) is 11.4 Å². The summed E-state index contributed by atoms with van der Waals surface area (Å²) < 4.78 is 0. The third kappa shape index (κ3) is 1.57. The maximum atomic E-state index is 11.5. The van der Waals surface area contributed by atoms with Gasteiger partial charge in [0.25, 0.3) is 0 Å². The summed E-state index contributed by atoms with van der Waals surface area (Å²) in [5.74, 6) is 0.0664. The Balaban J connectivity index is 2.06. The summed E-state index contributed by atoms with van der Waals surface area (Å²) in [6, 6.07) is 6.13. The number of carbonyl (C=O) groups excluding carboxylic acids is 1. The van der Waals surface area contributed by atoms with Crippen LogP contribution in [-0.4, -0.2) is 18.5 Å². The van der Waals surface area contributed by atoms with Gasteiger partial charge in [-0.15, -0.1) is 0 Å². The van der Waals surface area contributed by atoms with Crippen LogP contribution in [0, 0.1) is 0 Å². The molecule has 1 saturated carbocycles. The average molecular weight is 223 g/mol. The summed E-state index contributed by atoms with van der Waals surface area (Å²) in [6.07, 6.45) is 2.36. The van der Waals surface area contributed by atoms with Gasteiger partial charge in [-0.05, 0) is 31.0 Å². The highest BCUT2D eigenvalue weighted by atomic mass is 35.5. The monoisotopic (exact) mass is 222 g/mol. The zero-order chi connectivity index (χ0) is 10.4. The standard InChI is InChI=1S/C11H11ClN2O/c12-7-1-4-9-10(5-7)14(8-2-3-8)6-11(15)13-9/h1,4-5,8H,2-3,6H2,(H,13,15). The molecule has 0 radical (unpaired) electrons. The maximum absolute atomic E-state index is 11.5. The fraction of sp³-hybridized carbons (Fsp3) is 0.364. The first-order valence-corrected chi connectivity index (χ1v) is 5.48. The number of nitrogens with one attached hydrogen (secondary N) is 1. The summed E-state index contributed by atoms with van der Waals surface area (Å²) >= 11 is 5.96. The van der Waals surface area contributed by atoms with E-state index in [9.17, 15) is 4.79 Å².